The van der Waals surface area contributed by atoms with Crippen molar-refractivity contribution in [1.82, 2.24) is 29.3 Å². The van der Waals surface area contributed by atoms with E-state index in [1.165, 1.54) is 0 Å². The van der Waals surface area contributed by atoms with E-state index in [1.54, 1.807) is 18.6 Å². The average molecular weight is 464 g/mol. The molecule has 2 aliphatic rings. The number of rotatable bonds is 6. The van der Waals surface area contributed by atoms with Crippen LogP contribution in [0.2, 0.25) is 0 Å². The van der Waals surface area contributed by atoms with Crippen LogP contribution in [0.4, 0.5) is 5.69 Å². The minimum Gasteiger partial charge on any atom is -0.331 e. The SMILES string of the molecule is Cn1c(-c2ccnc(C(=O)Nc3cccc(-c4nncn4C4CC4)c3)c2)cnc1C1C=CC=CC1. The van der Waals surface area contributed by atoms with Gasteiger partial charge in [-0.05, 0) is 43.5 Å². The van der Waals surface area contributed by atoms with Crippen molar-refractivity contribution in [2.45, 2.75) is 31.2 Å². The minimum atomic E-state index is -0.268. The maximum Gasteiger partial charge on any atom is 0.274 e. The highest BCUT2D eigenvalue weighted by atomic mass is 16.1. The summed E-state index contributed by atoms with van der Waals surface area (Å²) in [4.78, 5) is 22.0. The highest BCUT2D eigenvalue weighted by molar-refractivity contribution is 6.03. The second-order valence-corrected chi connectivity index (χ2v) is 8.97. The Morgan fingerprint density at radius 1 is 1.09 bits per heavy atom. The third-order valence-corrected chi connectivity index (χ3v) is 6.52. The van der Waals surface area contributed by atoms with E-state index in [1.807, 2.05) is 43.6 Å². The molecule has 2 aliphatic carbocycles. The maximum atomic E-state index is 13.1. The number of anilines is 1. The summed E-state index contributed by atoms with van der Waals surface area (Å²) < 4.78 is 4.19. The van der Waals surface area contributed by atoms with E-state index in [2.05, 4.69) is 58.9 Å². The predicted molar refractivity (Wildman–Crippen MR) is 134 cm³/mol. The van der Waals surface area contributed by atoms with Gasteiger partial charge in [0.1, 0.15) is 17.8 Å². The van der Waals surface area contributed by atoms with Gasteiger partial charge < -0.3 is 14.5 Å². The summed E-state index contributed by atoms with van der Waals surface area (Å²) in [5.41, 5.74) is 3.79. The molecule has 0 saturated heterocycles. The second-order valence-electron chi connectivity index (χ2n) is 8.97. The third-order valence-electron chi connectivity index (χ3n) is 6.52. The summed E-state index contributed by atoms with van der Waals surface area (Å²) in [5.74, 6) is 1.80. The number of allylic oxidation sites excluding steroid dienone is 4. The molecule has 1 N–H and O–H groups in total. The fourth-order valence-electron chi connectivity index (χ4n) is 4.52. The first-order chi connectivity index (χ1) is 17.2. The molecule has 1 fully saturated rings. The van der Waals surface area contributed by atoms with Gasteiger partial charge >= 0.3 is 0 Å². The van der Waals surface area contributed by atoms with Crippen LogP contribution in [0.15, 0.2) is 79.4 Å². The van der Waals surface area contributed by atoms with Gasteiger partial charge in [-0.1, -0.05) is 36.4 Å². The molecule has 0 bridgehead atoms. The van der Waals surface area contributed by atoms with Crippen LogP contribution in [0.5, 0.6) is 0 Å². The Hall–Kier alpha value is -4.33. The molecule has 0 spiro atoms. The number of hydrogen-bond acceptors (Lipinski definition) is 5. The zero-order valence-corrected chi connectivity index (χ0v) is 19.4. The van der Waals surface area contributed by atoms with Crippen LogP contribution in [0.25, 0.3) is 22.6 Å². The van der Waals surface area contributed by atoms with Crippen LogP contribution in [-0.2, 0) is 7.05 Å². The van der Waals surface area contributed by atoms with E-state index >= 15 is 0 Å². The Bertz CT molecular complexity index is 1460. The smallest absolute Gasteiger partial charge is 0.274 e. The van der Waals surface area contributed by atoms with Crippen LogP contribution in [0, 0.1) is 0 Å². The molecular formula is C27H25N7O. The van der Waals surface area contributed by atoms with Gasteiger partial charge in [-0.2, -0.15) is 0 Å². The lowest BCUT2D eigenvalue weighted by Gasteiger charge is -2.14. The summed E-state index contributed by atoms with van der Waals surface area (Å²) in [6.45, 7) is 0. The molecule has 1 amide bonds. The normalized spacial score (nSPS) is 17.0. The fourth-order valence-corrected chi connectivity index (χ4v) is 4.52. The Kier molecular flexibility index (Phi) is 5.33. The van der Waals surface area contributed by atoms with Gasteiger partial charge in [0.15, 0.2) is 5.82 Å². The van der Waals surface area contributed by atoms with E-state index in [9.17, 15) is 4.79 Å². The quantitative estimate of drug-likeness (QED) is 0.438. The van der Waals surface area contributed by atoms with Crippen molar-refractivity contribution < 1.29 is 4.79 Å². The zero-order chi connectivity index (χ0) is 23.8. The molecule has 1 unspecified atom stereocenters. The first-order valence-electron chi connectivity index (χ1n) is 11.8. The molecule has 4 aromatic rings. The van der Waals surface area contributed by atoms with E-state index in [0.717, 1.165) is 47.7 Å². The number of amides is 1. The number of hydrogen-bond donors (Lipinski definition) is 1. The molecule has 1 aromatic carbocycles. The Balaban J connectivity index is 1.22. The van der Waals surface area contributed by atoms with E-state index in [4.69, 9.17) is 0 Å². The van der Waals surface area contributed by atoms with Crippen molar-refractivity contribution in [3.8, 4) is 22.6 Å². The Labute approximate surface area is 203 Å². The second kappa shape index (κ2) is 8.79. The van der Waals surface area contributed by atoms with Crippen molar-refractivity contribution in [3.63, 3.8) is 0 Å². The summed E-state index contributed by atoms with van der Waals surface area (Å²) in [6.07, 6.45) is 17.0. The summed E-state index contributed by atoms with van der Waals surface area (Å²) in [6, 6.07) is 11.9. The van der Waals surface area contributed by atoms with E-state index < -0.39 is 0 Å². The fraction of sp³-hybridized carbons (Fsp3) is 0.222. The first-order valence-corrected chi connectivity index (χ1v) is 11.8. The van der Waals surface area contributed by atoms with Crippen LogP contribution in [0.1, 0.15) is 47.5 Å². The molecule has 3 heterocycles. The molecule has 35 heavy (non-hydrogen) atoms. The van der Waals surface area contributed by atoms with Gasteiger partial charge in [0, 0.05) is 42.0 Å². The van der Waals surface area contributed by atoms with Gasteiger partial charge in [0.05, 0.1) is 11.9 Å². The molecule has 8 heteroatoms. The van der Waals surface area contributed by atoms with Gasteiger partial charge in [0.25, 0.3) is 5.91 Å². The van der Waals surface area contributed by atoms with Crippen molar-refractivity contribution in [1.29, 1.82) is 0 Å². The lowest BCUT2D eigenvalue weighted by atomic mass is 10.0. The maximum absolute atomic E-state index is 13.1. The van der Waals surface area contributed by atoms with Crippen molar-refractivity contribution >= 4 is 11.6 Å². The van der Waals surface area contributed by atoms with Crippen molar-refractivity contribution in [3.05, 3.63) is 90.9 Å². The number of pyridine rings is 1. The molecule has 6 rings (SSSR count). The summed E-state index contributed by atoms with van der Waals surface area (Å²) in [7, 11) is 2.01. The molecular weight excluding hydrogens is 438 g/mol. The minimum absolute atomic E-state index is 0.251. The molecule has 3 aromatic heterocycles. The van der Waals surface area contributed by atoms with Crippen molar-refractivity contribution in [2.75, 3.05) is 5.32 Å². The highest BCUT2D eigenvalue weighted by Crippen LogP contribution is 2.37. The Morgan fingerprint density at radius 2 is 2.00 bits per heavy atom. The van der Waals surface area contributed by atoms with Gasteiger partial charge in [-0.25, -0.2) is 4.98 Å². The lowest BCUT2D eigenvalue weighted by Crippen LogP contribution is -2.14. The summed E-state index contributed by atoms with van der Waals surface area (Å²) >= 11 is 0. The van der Waals surface area contributed by atoms with E-state index in [-0.39, 0.29) is 11.8 Å². The van der Waals surface area contributed by atoms with Gasteiger partial charge in [0.2, 0.25) is 0 Å². The molecule has 0 radical (unpaired) electrons. The van der Waals surface area contributed by atoms with Crippen LogP contribution in [0.3, 0.4) is 0 Å². The molecule has 1 saturated carbocycles. The zero-order valence-electron chi connectivity index (χ0n) is 19.4. The van der Waals surface area contributed by atoms with Crippen molar-refractivity contribution in [2.24, 2.45) is 7.05 Å². The standard InChI is InChI=1S/C27H25N7O/c1-33-24(16-29-25(33)18-6-3-2-4-7-18)19-12-13-28-23(15-19)27(35)31-21-9-5-8-20(14-21)26-32-30-17-34(26)22-10-11-22/h2-6,8-9,12-18,22H,7,10-11H2,1H3,(H,31,35). The van der Waals surface area contributed by atoms with E-state index in [0.29, 0.717) is 17.4 Å². The average Bonchev–Trinajstić information content (AvgIpc) is 3.49. The molecule has 1 atom stereocenters. The van der Waals surface area contributed by atoms with Crippen LogP contribution >= 0.6 is 0 Å². The van der Waals surface area contributed by atoms with Gasteiger partial charge in [-0.15, -0.1) is 10.2 Å². The number of aromatic nitrogens is 6. The lowest BCUT2D eigenvalue weighted by molar-refractivity contribution is 0.102. The number of imidazole rings is 1. The largest absolute Gasteiger partial charge is 0.331 e. The first kappa shape index (κ1) is 21.2. The topological polar surface area (TPSA) is 90.5 Å². The molecule has 174 valence electrons. The van der Waals surface area contributed by atoms with Crippen LogP contribution in [-0.4, -0.2) is 35.2 Å². The number of nitrogens with zero attached hydrogens (tertiary/aromatic N) is 6. The monoisotopic (exact) mass is 463 g/mol. The van der Waals surface area contributed by atoms with Crippen LogP contribution < -0.4 is 5.32 Å². The third kappa shape index (κ3) is 4.19. The number of nitrogens with one attached hydrogen (secondary N) is 1. The molecule has 0 aliphatic heterocycles. The molecule has 8 nitrogen and oxygen atoms in total. The Morgan fingerprint density at radius 3 is 2.83 bits per heavy atom. The predicted octanol–water partition coefficient (Wildman–Crippen LogP) is 4.93. The number of carbonyl (C=O) groups excluding carboxylic acids is 1. The highest BCUT2D eigenvalue weighted by Gasteiger charge is 2.26. The summed E-state index contributed by atoms with van der Waals surface area (Å²) in [5, 5.41) is 11.3. The number of carbonyl (C=O) groups is 1. The van der Waals surface area contributed by atoms with Gasteiger partial charge in [-0.3, -0.25) is 9.78 Å². The number of benzene rings is 1.